The predicted molar refractivity (Wildman–Crippen MR) is 237 cm³/mol. The Morgan fingerprint density at radius 3 is 1.16 bits per heavy atom. The van der Waals surface area contributed by atoms with Crippen molar-refractivity contribution in [3.05, 3.63) is 169 Å². The molecule has 6 aromatic rings. The predicted octanol–water partition coefficient (Wildman–Crippen LogP) is 12.6. The van der Waals surface area contributed by atoms with Crippen LogP contribution >= 0.6 is 0 Å². The van der Waals surface area contributed by atoms with Crippen molar-refractivity contribution in [1.29, 1.82) is 0 Å². The average Bonchev–Trinajstić information content (AvgIpc) is 3.21. The molecule has 0 aliphatic carbocycles. The largest absolute Gasteiger partial charge is 0.544 e. The van der Waals surface area contributed by atoms with Gasteiger partial charge in [-0.1, -0.05) is 117 Å². The van der Waals surface area contributed by atoms with Crippen LogP contribution in [0.25, 0.3) is 22.3 Å². The maximum atomic E-state index is 14.0. The van der Waals surface area contributed by atoms with Crippen LogP contribution in [0.1, 0.15) is 20.8 Å². The molecule has 0 fully saturated rings. The van der Waals surface area contributed by atoms with Crippen LogP contribution in [0, 0.1) is 11.6 Å². The Morgan fingerprint density at radius 2 is 0.823 bits per heavy atom. The lowest BCUT2D eigenvalue weighted by Crippen LogP contribution is -2.43. The second-order valence-corrected chi connectivity index (χ2v) is 21.0. The summed E-state index contributed by atoms with van der Waals surface area (Å²) in [4.78, 5) is 0. The zero-order valence-corrected chi connectivity index (χ0v) is 38.0. The number of halogens is 5. The van der Waals surface area contributed by atoms with E-state index in [2.05, 4.69) is 91.1 Å². The van der Waals surface area contributed by atoms with E-state index < -0.39 is 64.0 Å². The molecule has 0 aliphatic heterocycles. The smallest absolute Gasteiger partial charge is 0.382 e. The molecule has 10 nitrogen and oxygen atoms in total. The van der Waals surface area contributed by atoms with Crippen molar-refractivity contribution in [2.45, 2.75) is 38.9 Å². The van der Waals surface area contributed by atoms with E-state index in [0.717, 1.165) is 53.3 Å². The third-order valence-corrected chi connectivity index (χ3v) is 14.0. The van der Waals surface area contributed by atoms with Crippen LogP contribution < -0.4 is 8.61 Å². The topological polar surface area (TPSA) is 146 Å². The summed E-state index contributed by atoms with van der Waals surface area (Å²) in [7, 11) is -11.3. The van der Waals surface area contributed by atoms with Crippen LogP contribution in [0.3, 0.4) is 0 Å². The number of benzene rings is 6. The molecular weight excluding hydrogens is 912 g/mol. The van der Waals surface area contributed by atoms with Gasteiger partial charge in [0.25, 0.3) is 0 Å². The Hall–Kier alpha value is -5.67. The van der Waals surface area contributed by atoms with Gasteiger partial charge in [-0.15, -0.1) is 8.73 Å². The number of hydrogen-bond acceptors (Lipinski definition) is 10. The maximum absolute atomic E-state index is 14.0. The van der Waals surface area contributed by atoms with Gasteiger partial charge in [-0.3, -0.25) is 0 Å². The van der Waals surface area contributed by atoms with Crippen molar-refractivity contribution in [2.75, 3.05) is 0 Å². The minimum Gasteiger partial charge on any atom is -0.544 e. The molecule has 6 rings (SSSR count). The quantitative estimate of drug-likeness (QED) is 0.0833. The zero-order chi connectivity index (χ0) is 46.4. The van der Waals surface area contributed by atoms with Crippen LogP contribution in [0.2, 0.25) is 18.1 Å². The molecule has 6 aromatic carbocycles. The molecule has 0 N–H and O–H groups in total. The Kier molecular flexibility index (Phi) is 21.4. The molecule has 0 bridgehead atoms. The molecule has 20 heteroatoms. The summed E-state index contributed by atoms with van der Waals surface area (Å²) in [5.41, 5.74) is 4.22. The van der Waals surface area contributed by atoms with Gasteiger partial charge >= 0.3 is 44.0 Å². The summed E-state index contributed by atoms with van der Waals surface area (Å²) in [6.07, 6.45) is 0. The summed E-state index contributed by atoms with van der Waals surface area (Å²) >= 11 is -1.50. The Morgan fingerprint density at radius 1 is 0.500 bits per heavy atom. The Labute approximate surface area is 367 Å². The van der Waals surface area contributed by atoms with Gasteiger partial charge in [-0.2, -0.15) is 25.3 Å². The van der Waals surface area contributed by atoms with E-state index in [1.807, 2.05) is 36.4 Å². The number of rotatable bonds is 8. The summed E-state index contributed by atoms with van der Waals surface area (Å²) in [5.74, 6) is 0.0270. The third kappa shape index (κ3) is 20.3. The van der Waals surface area contributed by atoms with Crippen LogP contribution in [-0.2, 0) is 44.0 Å². The van der Waals surface area contributed by atoms with Crippen molar-refractivity contribution in [3.63, 3.8) is 0 Å². The molecule has 0 saturated heterocycles. The third-order valence-electron chi connectivity index (χ3n) is 8.38. The molecule has 0 aromatic heterocycles. The second kappa shape index (κ2) is 25.3. The molecular formula is C42H41F5N2O8S4Si. The van der Waals surface area contributed by atoms with Crippen molar-refractivity contribution < 1.29 is 54.3 Å². The van der Waals surface area contributed by atoms with E-state index in [1.165, 1.54) is 35.4 Å². The van der Waals surface area contributed by atoms with Gasteiger partial charge in [0.1, 0.15) is 23.1 Å². The van der Waals surface area contributed by atoms with Gasteiger partial charge in [0.2, 0.25) is 8.32 Å². The fourth-order valence-corrected chi connectivity index (χ4v) is 6.68. The van der Waals surface area contributed by atoms with Crippen LogP contribution in [-0.4, -0.2) is 33.6 Å². The molecule has 0 spiro atoms. The van der Waals surface area contributed by atoms with Crippen LogP contribution in [0.15, 0.2) is 166 Å². The molecule has 0 radical (unpaired) electrons. The van der Waals surface area contributed by atoms with Gasteiger partial charge in [0, 0.05) is 0 Å². The van der Waals surface area contributed by atoms with E-state index >= 15 is 0 Å². The minimum absolute atomic E-state index is 0.0322. The lowest BCUT2D eigenvalue weighted by molar-refractivity contribution is 0.492. The SMILES string of the molecule is CC(C)(C)[Si](C)(C)Oc1ccc(-c2ccccc2)cc1.O=S(F)(=Nc1ccc(F)cc1)Oc1ccc(-c2ccccc2)cc1.O=S(F)(F)=Nc1ccc(F)cc1.O=S=O.O=S=O. The normalized spacial score (nSPS) is 11.6. The molecule has 0 aliphatic rings. The summed E-state index contributed by atoms with van der Waals surface area (Å²) in [6, 6.07) is 43.6. The first kappa shape index (κ1) is 52.5. The monoisotopic (exact) mass is 952 g/mol. The lowest BCUT2D eigenvalue weighted by atomic mass is 10.1. The summed E-state index contributed by atoms with van der Waals surface area (Å²) in [5, 5.41) is 0.227. The van der Waals surface area contributed by atoms with Crippen molar-refractivity contribution >= 4 is 63.7 Å². The van der Waals surface area contributed by atoms with Gasteiger partial charge in [-0.05, 0) is 113 Å². The van der Waals surface area contributed by atoms with E-state index in [1.54, 1.807) is 12.1 Å². The zero-order valence-electron chi connectivity index (χ0n) is 33.7. The van der Waals surface area contributed by atoms with Crippen molar-refractivity contribution in [3.8, 4) is 33.8 Å². The molecule has 62 heavy (non-hydrogen) atoms. The maximum Gasteiger partial charge on any atom is 0.382 e. The number of nitrogens with zero attached hydrogens (tertiary/aromatic N) is 2. The second-order valence-electron chi connectivity index (χ2n) is 13.8. The standard InChI is InChI=1S/C18H13F2NO2S.C18H24OSi.C6H4F3NOS.2O2S/c19-16-8-10-17(11-9-16)21-24(20,22)23-18-12-6-15(7-13-18)14-4-2-1-3-5-14;1-18(2,3)20(4,5)19-17-13-11-16(12-14-17)15-9-7-6-8-10-15;7-5-1-3-6(4-2-5)10-12(8,9)11;2*1-3-2/h1-13H;6-14H,1-5H3;1-4H;;. The minimum atomic E-state index is -5.14. The van der Waals surface area contributed by atoms with Crippen molar-refractivity contribution in [1.82, 2.24) is 0 Å². The highest BCUT2D eigenvalue weighted by molar-refractivity contribution is 7.84. The summed E-state index contributed by atoms with van der Waals surface area (Å²) < 4.78 is 135. The fraction of sp³-hybridized carbons (Fsp3) is 0.143. The highest BCUT2D eigenvalue weighted by Gasteiger charge is 2.38. The molecule has 1 atom stereocenters. The summed E-state index contributed by atoms with van der Waals surface area (Å²) in [6.45, 7) is 11.3. The Balaban J connectivity index is 0.000000313. The van der Waals surface area contributed by atoms with Gasteiger partial charge < -0.3 is 8.61 Å². The molecule has 330 valence electrons. The first-order valence-corrected chi connectivity index (χ1v) is 24.7. The molecule has 0 heterocycles. The van der Waals surface area contributed by atoms with Crippen molar-refractivity contribution in [2.24, 2.45) is 8.73 Å². The van der Waals surface area contributed by atoms with E-state index in [4.69, 9.17) is 25.4 Å². The highest BCUT2D eigenvalue weighted by atomic mass is 32.3. The molecule has 0 saturated carbocycles. The number of hydrogen-bond donors (Lipinski definition) is 0. The van der Waals surface area contributed by atoms with E-state index in [0.29, 0.717) is 0 Å². The van der Waals surface area contributed by atoms with E-state index in [9.17, 15) is 28.9 Å². The Bertz CT molecular complexity index is 2590. The van der Waals surface area contributed by atoms with Gasteiger partial charge in [0.05, 0.1) is 11.4 Å². The molecule has 1 unspecified atom stereocenters. The van der Waals surface area contributed by atoms with Crippen LogP contribution in [0.4, 0.5) is 31.8 Å². The van der Waals surface area contributed by atoms with Gasteiger partial charge in [-0.25, -0.2) is 8.78 Å². The first-order chi connectivity index (χ1) is 29.1. The lowest BCUT2D eigenvalue weighted by Gasteiger charge is -2.36. The highest BCUT2D eigenvalue weighted by Crippen LogP contribution is 2.37. The van der Waals surface area contributed by atoms with E-state index in [-0.39, 0.29) is 22.2 Å². The van der Waals surface area contributed by atoms with Crippen LogP contribution in [0.5, 0.6) is 11.5 Å². The average molecular weight is 953 g/mol. The molecule has 0 amide bonds. The van der Waals surface area contributed by atoms with Gasteiger partial charge in [0.15, 0.2) is 0 Å². The first-order valence-electron chi connectivity index (χ1n) is 17.8. The fourth-order valence-electron chi connectivity index (χ4n) is 4.52.